The van der Waals surface area contributed by atoms with Crippen molar-refractivity contribution in [1.29, 1.82) is 0 Å². The number of fused-ring (bicyclic) bond motifs is 1. The van der Waals surface area contributed by atoms with Gasteiger partial charge in [-0.3, -0.25) is 0 Å². The van der Waals surface area contributed by atoms with Crippen molar-refractivity contribution in [2.45, 2.75) is 70.4 Å². The fraction of sp³-hybridized carbons (Fsp3) is 0.684. The van der Waals surface area contributed by atoms with Crippen molar-refractivity contribution in [3.63, 3.8) is 0 Å². The zero-order chi connectivity index (χ0) is 14.7. The lowest BCUT2D eigenvalue weighted by Crippen LogP contribution is -2.29. The molecule has 0 spiro atoms. The van der Waals surface area contributed by atoms with Gasteiger partial charge in [0.2, 0.25) is 0 Å². The average molecular weight is 287 g/mol. The molecule has 1 atom stereocenters. The highest BCUT2D eigenvalue weighted by molar-refractivity contribution is 5.35. The normalized spacial score (nSPS) is 27.1. The van der Waals surface area contributed by atoms with Crippen LogP contribution in [0.2, 0.25) is 0 Å². The predicted octanol–water partition coefficient (Wildman–Crippen LogP) is 3.77. The van der Waals surface area contributed by atoms with E-state index in [4.69, 9.17) is 0 Å². The fourth-order valence-corrected chi connectivity index (χ4v) is 3.83. The van der Waals surface area contributed by atoms with Crippen LogP contribution in [0.1, 0.15) is 68.2 Å². The van der Waals surface area contributed by atoms with Gasteiger partial charge in [-0.2, -0.15) is 0 Å². The molecule has 3 rings (SSSR count). The van der Waals surface area contributed by atoms with E-state index in [1.54, 1.807) is 11.1 Å². The second kappa shape index (κ2) is 6.93. The Morgan fingerprint density at radius 1 is 1.10 bits per heavy atom. The molecular weight excluding hydrogens is 258 g/mol. The van der Waals surface area contributed by atoms with E-state index < -0.39 is 0 Å². The molecule has 2 aliphatic rings. The molecule has 0 radical (unpaired) electrons. The maximum absolute atomic E-state index is 9.57. The van der Waals surface area contributed by atoms with Gasteiger partial charge in [-0.15, -0.1) is 0 Å². The zero-order valence-corrected chi connectivity index (χ0v) is 13.3. The van der Waals surface area contributed by atoms with Gasteiger partial charge >= 0.3 is 0 Å². The van der Waals surface area contributed by atoms with Gasteiger partial charge in [0, 0.05) is 6.04 Å². The molecule has 0 heterocycles. The molecular formula is C19H29NO. The number of nitrogens with one attached hydrogen (secondary N) is 1. The highest BCUT2D eigenvalue weighted by atomic mass is 16.3. The zero-order valence-electron chi connectivity index (χ0n) is 13.3. The van der Waals surface area contributed by atoms with Crippen molar-refractivity contribution >= 4 is 0 Å². The number of benzene rings is 1. The standard InChI is InChI=1S/C19H29NO/c1-14(20-13-15-6-10-19(21)11-7-15)17-9-8-16-4-2-3-5-18(16)12-17/h8-9,12,14-15,19-21H,2-7,10-11,13H2,1H3. The monoisotopic (exact) mass is 287 g/mol. The molecule has 2 nitrogen and oxygen atoms in total. The number of hydrogen-bond donors (Lipinski definition) is 2. The Morgan fingerprint density at radius 2 is 1.81 bits per heavy atom. The largest absolute Gasteiger partial charge is 0.393 e. The van der Waals surface area contributed by atoms with Crippen molar-refractivity contribution in [3.05, 3.63) is 34.9 Å². The van der Waals surface area contributed by atoms with Crippen LogP contribution in [-0.4, -0.2) is 17.8 Å². The smallest absolute Gasteiger partial charge is 0.0540 e. The SMILES string of the molecule is CC(NCC1CCC(O)CC1)c1ccc2c(c1)CCCC2. The van der Waals surface area contributed by atoms with E-state index in [9.17, 15) is 5.11 Å². The van der Waals surface area contributed by atoms with E-state index in [1.807, 2.05) is 0 Å². The summed E-state index contributed by atoms with van der Waals surface area (Å²) in [6.07, 6.45) is 9.50. The number of aliphatic hydroxyl groups is 1. The van der Waals surface area contributed by atoms with Gasteiger partial charge in [0.15, 0.2) is 0 Å². The minimum absolute atomic E-state index is 0.0423. The van der Waals surface area contributed by atoms with Gasteiger partial charge in [-0.05, 0) is 87.4 Å². The number of aliphatic hydroxyl groups excluding tert-OH is 1. The Kier molecular flexibility index (Phi) is 4.97. The highest BCUT2D eigenvalue weighted by Crippen LogP contribution is 2.26. The first-order valence-electron chi connectivity index (χ1n) is 8.75. The van der Waals surface area contributed by atoms with Crippen molar-refractivity contribution in [2.75, 3.05) is 6.54 Å². The second-order valence-electron chi connectivity index (χ2n) is 7.04. The maximum Gasteiger partial charge on any atom is 0.0540 e. The van der Waals surface area contributed by atoms with Crippen LogP contribution in [0.4, 0.5) is 0 Å². The first kappa shape index (κ1) is 15.1. The predicted molar refractivity (Wildman–Crippen MR) is 87.5 cm³/mol. The Balaban J connectivity index is 1.54. The Labute approximate surface area is 129 Å². The number of aryl methyl sites for hydroxylation is 2. The molecule has 2 aliphatic carbocycles. The maximum atomic E-state index is 9.57. The molecule has 0 saturated heterocycles. The second-order valence-corrected chi connectivity index (χ2v) is 7.04. The molecule has 0 aliphatic heterocycles. The lowest BCUT2D eigenvalue weighted by molar-refractivity contribution is 0.108. The summed E-state index contributed by atoms with van der Waals surface area (Å²) in [6.45, 7) is 3.37. The third kappa shape index (κ3) is 3.87. The molecule has 21 heavy (non-hydrogen) atoms. The van der Waals surface area contributed by atoms with Gasteiger partial charge < -0.3 is 10.4 Å². The third-order valence-electron chi connectivity index (χ3n) is 5.40. The highest BCUT2D eigenvalue weighted by Gasteiger charge is 2.20. The van der Waals surface area contributed by atoms with E-state index in [0.29, 0.717) is 6.04 Å². The van der Waals surface area contributed by atoms with E-state index in [1.165, 1.54) is 44.1 Å². The molecule has 1 saturated carbocycles. The van der Waals surface area contributed by atoms with Gasteiger partial charge in [0.1, 0.15) is 0 Å². The number of rotatable bonds is 4. The van der Waals surface area contributed by atoms with E-state index in [0.717, 1.165) is 25.3 Å². The minimum atomic E-state index is -0.0423. The van der Waals surface area contributed by atoms with Gasteiger partial charge in [0.25, 0.3) is 0 Å². The first-order chi connectivity index (χ1) is 10.2. The average Bonchev–Trinajstić information content (AvgIpc) is 2.53. The van der Waals surface area contributed by atoms with Crippen LogP contribution in [-0.2, 0) is 12.8 Å². The first-order valence-corrected chi connectivity index (χ1v) is 8.75. The quantitative estimate of drug-likeness (QED) is 0.883. The minimum Gasteiger partial charge on any atom is -0.393 e. The fourth-order valence-electron chi connectivity index (χ4n) is 3.83. The molecule has 116 valence electrons. The molecule has 0 aromatic heterocycles. The van der Waals surface area contributed by atoms with Crippen molar-refractivity contribution in [1.82, 2.24) is 5.32 Å². The molecule has 2 heteroatoms. The Bertz CT molecular complexity index is 463. The summed E-state index contributed by atoms with van der Waals surface area (Å²) < 4.78 is 0. The molecule has 1 unspecified atom stereocenters. The van der Waals surface area contributed by atoms with Crippen molar-refractivity contribution < 1.29 is 5.11 Å². The van der Waals surface area contributed by atoms with Crippen LogP contribution in [0.5, 0.6) is 0 Å². The van der Waals surface area contributed by atoms with Crippen LogP contribution in [0.15, 0.2) is 18.2 Å². The van der Waals surface area contributed by atoms with Crippen LogP contribution < -0.4 is 5.32 Å². The van der Waals surface area contributed by atoms with Crippen LogP contribution in [0.25, 0.3) is 0 Å². The van der Waals surface area contributed by atoms with E-state index >= 15 is 0 Å². The van der Waals surface area contributed by atoms with E-state index in [2.05, 4.69) is 30.4 Å². The summed E-state index contributed by atoms with van der Waals surface area (Å²) in [5.41, 5.74) is 4.58. The summed E-state index contributed by atoms with van der Waals surface area (Å²) >= 11 is 0. The van der Waals surface area contributed by atoms with Crippen molar-refractivity contribution in [3.8, 4) is 0 Å². The molecule has 0 amide bonds. The molecule has 1 fully saturated rings. The number of hydrogen-bond acceptors (Lipinski definition) is 2. The summed E-state index contributed by atoms with van der Waals surface area (Å²) in [5, 5.41) is 13.3. The van der Waals surface area contributed by atoms with Crippen LogP contribution in [0, 0.1) is 5.92 Å². The lowest BCUT2D eigenvalue weighted by Gasteiger charge is -2.27. The Morgan fingerprint density at radius 3 is 2.57 bits per heavy atom. The topological polar surface area (TPSA) is 32.3 Å². The Hall–Kier alpha value is -0.860. The molecule has 1 aromatic carbocycles. The van der Waals surface area contributed by atoms with Crippen LogP contribution in [0.3, 0.4) is 0 Å². The van der Waals surface area contributed by atoms with Gasteiger partial charge in [-0.25, -0.2) is 0 Å². The summed E-state index contributed by atoms with van der Waals surface area (Å²) in [6, 6.07) is 7.52. The summed E-state index contributed by atoms with van der Waals surface area (Å²) in [4.78, 5) is 0. The summed E-state index contributed by atoms with van der Waals surface area (Å²) in [5.74, 6) is 0.744. The molecule has 0 bridgehead atoms. The van der Waals surface area contributed by atoms with Gasteiger partial charge in [0.05, 0.1) is 6.10 Å². The summed E-state index contributed by atoms with van der Waals surface area (Å²) in [7, 11) is 0. The van der Waals surface area contributed by atoms with Crippen LogP contribution >= 0.6 is 0 Å². The lowest BCUT2D eigenvalue weighted by atomic mass is 9.87. The molecule has 2 N–H and O–H groups in total. The van der Waals surface area contributed by atoms with Gasteiger partial charge in [-0.1, -0.05) is 18.2 Å². The molecule has 1 aromatic rings. The van der Waals surface area contributed by atoms with Crippen molar-refractivity contribution in [2.24, 2.45) is 5.92 Å². The third-order valence-corrected chi connectivity index (χ3v) is 5.40. The van der Waals surface area contributed by atoms with E-state index in [-0.39, 0.29) is 6.10 Å².